The molecule has 1 atom stereocenters. The van der Waals surface area contributed by atoms with Crippen LogP contribution in [0.25, 0.3) is 0 Å². The van der Waals surface area contributed by atoms with Gasteiger partial charge in [0.25, 0.3) is 5.91 Å². The topological polar surface area (TPSA) is 104 Å². The summed E-state index contributed by atoms with van der Waals surface area (Å²) in [6.07, 6.45) is 0. The molecular formula is C21H27N3O4S. The molecule has 2 aromatic rings. The van der Waals surface area contributed by atoms with Crippen molar-refractivity contribution in [1.29, 1.82) is 0 Å². The van der Waals surface area contributed by atoms with Crippen LogP contribution in [0.3, 0.4) is 0 Å². The molecule has 0 saturated carbocycles. The van der Waals surface area contributed by atoms with Crippen molar-refractivity contribution in [2.75, 3.05) is 5.32 Å². The number of carbonyl (C=O) groups excluding carboxylic acids is 2. The summed E-state index contributed by atoms with van der Waals surface area (Å²) in [5, 5.41) is 5.48. The lowest BCUT2D eigenvalue weighted by Crippen LogP contribution is -2.47. The maximum absolute atomic E-state index is 12.7. The zero-order valence-electron chi connectivity index (χ0n) is 17.0. The molecule has 2 aromatic carbocycles. The first-order chi connectivity index (χ1) is 13.6. The molecule has 8 heteroatoms. The SMILES string of the molecule is CC(C)NS(=O)(=O)c1ccc(NC(=O)[C@@H](NC(=O)c2ccccc2)C(C)C)cc1. The van der Waals surface area contributed by atoms with Crippen LogP contribution < -0.4 is 15.4 Å². The lowest BCUT2D eigenvalue weighted by atomic mass is 10.0. The van der Waals surface area contributed by atoms with Crippen molar-refractivity contribution < 1.29 is 18.0 Å². The summed E-state index contributed by atoms with van der Waals surface area (Å²) in [5.74, 6) is -0.849. The van der Waals surface area contributed by atoms with Gasteiger partial charge in [0.1, 0.15) is 6.04 Å². The van der Waals surface area contributed by atoms with Gasteiger partial charge in [0.2, 0.25) is 15.9 Å². The summed E-state index contributed by atoms with van der Waals surface area (Å²) >= 11 is 0. The van der Waals surface area contributed by atoms with Gasteiger partial charge in [0.05, 0.1) is 4.90 Å². The van der Waals surface area contributed by atoms with Gasteiger partial charge >= 0.3 is 0 Å². The van der Waals surface area contributed by atoms with Gasteiger partial charge in [-0.05, 0) is 56.2 Å². The number of rotatable bonds is 8. The van der Waals surface area contributed by atoms with Crippen molar-refractivity contribution in [3.63, 3.8) is 0 Å². The maximum atomic E-state index is 12.7. The minimum Gasteiger partial charge on any atom is -0.340 e. The third-order valence-electron chi connectivity index (χ3n) is 4.09. The molecule has 0 heterocycles. The second-order valence-electron chi connectivity index (χ2n) is 7.35. The standard InChI is InChI=1S/C21H27N3O4S/c1-14(2)19(23-20(25)16-8-6-5-7-9-16)21(26)22-17-10-12-18(13-11-17)29(27,28)24-15(3)4/h5-15,19,24H,1-4H3,(H,22,26)(H,23,25)/t19-/m0/s1. The van der Waals surface area contributed by atoms with E-state index in [1.807, 2.05) is 19.9 Å². The Morgan fingerprint density at radius 3 is 1.97 bits per heavy atom. The molecule has 0 aliphatic carbocycles. The number of anilines is 1. The van der Waals surface area contributed by atoms with Gasteiger partial charge in [0.15, 0.2) is 0 Å². The highest BCUT2D eigenvalue weighted by Gasteiger charge is 2.25. The van der Waals surface area contributed by atoms with Crippen molar-refractivity contribution in [2.45, 2.75) is 44.7 Å². The summed E-state index contributed by atoms with van der Waals surface area (Å²) in [6, 6.07) is 13.6. The Labute approximate surface area is 172 Å². The zero-order valence-corrected chi connectivity index (χ0v) is 17.8. The average Bonchev–Trinajstić information content (AvgIpc) is 2.65. The number of nitrogens with one attached hydrogen (secondary N) is 3. The van der Waals surface area contributed by atoms with Gasteiger partial charge in [-0.25, -0.2) is 13.1 Å². The van der Waals surface area contributed by atoms with Crippen LogP contribution in [0.15, 0.2) is 59.5 Å². The largest absolute Gasteiger partial charge is 0.340 e. The van der Waals surface area contributed by atoms with Gasteiger partial charge in [-0.15, -0.1) is 0 Å². The molecule has 156 valence electrons. The normalized spacial score (nSPS) is 12.6. The Morgan fingerprint density at radius 1 is 0.862 bits per heavy atom. The summed E-state index contributed by atoms with van der Waals surface area (Å²) in [7, 11) is -3.60. The quantitative estimate of drug-likeness (QED) is 0.614. The molecule has 3 N–H and O–H groups in total. The molecule has 0 aliphatic rings. The molecule has 29 heavy (non-hydrogen) atoms. The van der Waals surface area contributed by atoms with E-state index in [0.717, 1.165) is 0 Å². The van der Waals surface area contributed by atoms with Gasteiger partial charge in [0, 0.05) is 17.3 Å². The number of amides is 2. The lowest BCUT2D eigenvalue weighted by molar-refractivity contribution is -0.118. The van der Waals surface area contributed by atoms with Gasteiger partial charge in [-0.1, -0.05) is 32.0 Å². The number of hydrogen-bond acceptors (Lipinski definition) is 4. The smallest absolute Gasteiger partial charge is 0.251 e. The van der Waals surface area contributed by atoms with Crippen LogP contribution >= 0.6 is 0 Å². The van der Waals surface area contributed by atoms with E-state index in [9.17, 15) is 18.0 Å². The molecule has 0 unspecified atom stereocenters. The second kappa shape index (κ2) is 9.67. The summed E-state index contributed by atoms with van der Waals surface area (Å²) in [5.41, 5.74) is 0.913. The van der Waals surface area contributed by atoms with Crippen molar-refractivity contribution in [3.8, 4) is 0 Å². The molecule has 7 nitrogen and oxygen atoms in total. The fourth-order valence-electron chi connectivity index (χ4n) is 2.66. The fraction of sp³-hybridized carbons (Fsp3) is 0.333. The van der Waals surface area contributed by atoms with Crippen LogP contribution in [-0.2, 0) is 14.8 Å². The highest BCUT2D eigenvalue weighted by Crippen LogP contribution is 2.16. The van der Waals surface area contributed by atoms with Crippen LogP contribution in [0.2, 0.25) is 0 Å². The predicted molar refractivity (Wildman–Crippen MR) is 113 cm³/mol. The first kappa shape index (κ1) is 22.6. The van der Waals surface area contributed by atoms with E-state index < -0.39 is 16.1 Å². The highest BCUT2D eigenvalue weighted by atomic mass is 32.2. The molecule has 0 saturated heterocycles. The Hall–Kier alpha value is -2.71. The Bertz CT molecular complexity index is 940. The Kier molecular flexibility index (Phi) is 7.53. The summed E-state index contributed by atoms with van der Waals surface area (Å²) < 4.78 is 26.9. The summed E-state index contributed by atoms with van der Waals surface area (Å²) in [6.45, 7) is 7.15. The molecule has 2 amide bonds. The van der Waals surface area contributed by atoms with E-state index >= 15 is 0 Å². The lowest BCUT2D eigenvalue weighted by Gasteiger charge is -2.22. The molecule has 0 spiro atoms. The van der Waals surface area contributed by atoms with E-state index in [4.69, 9.17) is 0 Å². The van der Waals surface area contributed by atoms with E-state index in [2.05, 4.69) is 15.4 Å². The fourth-order valence-corrected chi connectivity index (χ4v) is 3.92. The van der Waals surface area contributed by atoms with Gasteiger partial charge < -0.3 is 10.6 Å². The van der Waals surface area contributed by atoms with E-state index in [1.165, 1.54) is 24.3 Å². The van der Waals surface area contributed by atoms with E-state index in [0.29, 0.717) is 11.3 Å². The molecule has 2 rings (SSSR count). The van der Waals surface area contributed by atoms with Crippen LogP contribution in [0, 0.1) is 5.92 Å². The third kappa shape index (κ3) is 6.40. The predicted octanol–water partition coefficient (Wildman–Crippen LogP) is 2.77. The average molecular weight is 418 g/mol. The van der Waals surface area contributed by atoms with Crippen molar-refractivity contribution in [3.05, 3.63) is 60.2 Å². The second-order valence-corrected chi connectivity index (χ2v) is 9.06. The third-order valence-corrected chi connectivity index (χ3v) is 5.77. The van der Waals surface area contributed by atoms with Crippen LogP contribution in [0.1, 0.15) is 38.1 Å². The van der Waals surface area contributed by atoms with Crippen molar-refractivity contribution >= 4 is 27.5 Å². The van der Waals surface area contributed by atoms with Gasteiger partial charge in [-0.2, -0.15) is 0 Å². The van der Waals surface area contributed by atoms with Crippen LogP contribution in [0.5, 0.6) is 0 Å². The van der Waals surface area contributed by atoms with Crippen LogP contribution in [0.4, 0.5) is 5.69 Å². The minimum absolute atomic E-state index is 0.113. The van der Waals surface area contributed by atoms with Crippen LogP contribution in [-0.4, -0.2) is 32.3 Å². The number of carbonyl (C=O) groups is 2. The molecule has 0 bridgehead atoms. The first-order valence-corrected chi connectivity index (χ1v) is 10.9. The Morgan fingerprint density at radius 2 is 1.45 bits per heavy atom. The van der Waals surface area contributed by atoms with E-state index in [-0.39, 0.29) is 28.7 Å². The monoisotopic (exact) mass is 417 g/mol. The maximum Gasteiger partial charge on any atom is 0.251 e. The minimum atomic E-state index is -3.60. The van der Waals surface area contributed by atoms with Crippen molar-refractivity contribution in [2.24, 2.45) is 5.92 Å². The first-order valence-electron chi connectivity index (χ1n) is 9.39. The zero-order chi connectivity index (χ0) is 21.6. The number of benzene rings is 2. The Balaban J connectivity index is 2.09. The van der Waals surface area contributed by atoms with E-state index in [1.54, 1.807) is 38.1 Å². The molecular weight excluding hydrogens is 390 g/mol. The van der Waals surface area contributed by atoms with Crippen molar-refractivity contribution in [1.82, 2.24) is 10.0 Å². The molecule has 0 fully saturated rings. The summed E-state index contributed by atoms with van der Waals surface area (Å²) in [4.78, 5) is 25.2. The molecule has 0 aromatic heterocycles. The number of sulfonamides is 1. The van der Waals surface area contributed by atoms with Gasteiger partial charge in [-0.3, -0.25) is 9.59 Å². The highest BCUT2D eigenvalue weighted by molar-refractivity contribution is 7.89. The molecule has 0 aliphatic heterocycles. The number of hydrogen-bond donors (Lipinski definition) is 3. The molecule has 0 radical (unpaired) electrons.